The van der Waals surface area contributed by atoms with Crippen molar-refractivity contribution in [3.05, 3.63) is 50.5 Å². The van der Waals surface area contributed by atoms with Crippen LogP contribution in [0.1, 0.15) is 29.0 Å². The summed E-state index contributed by atoms with van der Waals surface area (Å²) in [6.07, 6.45) is 2.03. The number of fused-ring (bicyclic) bond motifs is 1. The lowest BCUT2D eigenvalue weighted by atomic mass is 10.1. The molecule has 2 aliphatic rings. The number of amides is 2. The maximum Gasteiger partial charge on any atom is 0.269 e. The quantitative estimate of drug-likeness (QED) is 0.591. The van der Waals surface area contributed by atoms with Crippen LogP contribution in [0.4, 0.5) is 10.8 Å². The van der Waals surface area contributed by atoms with Crippen molar-refractivity contribution >= 4 is 34.0 Å². The first-order valence-corrected chi connectivity index (χ1v) is 10.2. The molecule has 29 heavy (non-hydrogen) atoms. The summed E-state index contributed by atoms with van der Waals surface area (Å²) in [5, 5.41) is 14.1. The third-order valence-corrected chi connectivity index (χ3v) is 6.04. The first-order valence-electron chi connectivity index (χ1n) is 9.42. The summed E-state index contributed by atoms with van der Waals surface area (Å²) >= 11 is 1.39. The van der Waals surface area contributed by atoms with Crippen molar-refractivity contribution in [1.29, 1.82) is 0 Å². The Balaban J connectivity index is 1.36. The fourth-order valence-corrected chi connectivity index (χ4v) is 4.48. The number of rotatable bonds is 5. The van der Waals surface area contributed by atoms with Crippen LogP contribution in [-0.2, 0) is 33.7 Å². The van der Waals surface area contributed by atoms with Gasteiger partial charge in [-0.1, -0.05) is 23.5 Å². The predicted octanol–water partition coefficient (Wildman–Crippen LogP) is 2.30. The number of benzene rings is 1. The number of anilines is 1. The minimum absolute atomic E-state index is 0.00561. The zero-order chi connectivity index (χ0) is 20.4. The van der Waals surface area contributed by atoms with Gasteiger partial charge < -0.3 is 9.64 Å². The van der Waals surface area contributed by atoms with Crippen LogP contribution in [0.2, 0.25) is 0 Å². The average Bonchev–Trinajstić information content (AvgIpc) is 3.37. The second-order valence-electron chi connectivity index (χ2n) is 7.05. The molecule has 0 aliphatic carbocycles. The van der Waals surface area contributed by atoms with E-state index in [1.807, 2.05) is 0 Å². The van der Waals surface area contributed by atoms with E-state index >= 15 is 0 Å². The highest BCUT2D eigenvalue weighted by molar-refractivity contribution is 7.15. The van der Waals surface area contributed by atoms with Crippen LogP contribution in [0.25, 0.3) is 0 Å². The predicted molar refractivity (Wildman–Crippen MR) is 106 cm³/mol. The number of carbonyl (C=O) groups is 2. The van der Waals surface area contributed by atoms with Crippen LogP contribution >= 0.6 is 11.3 Å². The number of non-ortho nitro benzene ring substituents is 1. The fraction of sp³-hybridized carbons (Fsp3) is 0.421. The summed E-state index contributed by atoms with van der Waals surface area (Å²) < 4.78 is 5.39. The number of nitro groups is 1. The number of aromatic nitrogens is 1. The molecule has 2 aromatic rings. The van der Waals surface area contributed by atoms with Crippen molar-refractivity contribution in [2.75, 3.05) is 18.5 Å². The lowest BCUT2D eigenvalue weighted by Gasteiger charge is -2.26. The topological polar surface area (TPSA) is 115 Å². The third-order valence-electron chi connectivity index (χ3n) is 5.04. The fourth-order valence-electron chi connectivity index (χ4n) is 3.45. The van der Waals surface area contributed by atoms with Gasteiger partial charge in [-0.25, -0.2) is 4.98 Å². The third kappa shape index (κ3) is 4.43. The van der Waals surface area contributed by atoms with E-state index in [4.69, 9.17) is 4.74 Å². The van der Waals surface area contributed by atoms with Gasteiger partial charge in [-0.3, -0.25) is 25.0 Å². The summed E-state index contributed by atoms with van der Waals surface area (Å²) in [7, 11) is 0. The number of nitrogens with zero attached hydrogens (tertiary/aromatic N) is 3. The molecule has 1 aromatic heterocycles. The van der Waals surface area contributed by atoms with E-state index in [1.54, 1.807) is 17.0 Å². The normalized spacial score (nSPS) is 18.3. The molecule has 10 heteroatoms. The summed E-state index contributed by atoms with van der Waals surface area (Å²) in [6, 6.07) is 6.03. The molecule has 2 amide bonds. The van der Waals surface area contributed by atoms with Gasteiger partial charge in [0.05, 0.1) is 23.6 Å². The number of carbonyl (C=O) groups excluding carboxylic acids is 2. The highest BCUT2D eigenvalue weighted by Gasteiger charge is 2.27. The number of ether oxygens (including phenoxy) is 1. The Kier molecular flexibility index (Phi) is 5.54. The highest BCUT2D eigenvalue weighted by atomic mass is 32.1. The molecule has 1 atom stereocenters. The molecule has 0 radical (unpaired) electrons. The van der Waals surface area contributed by atoms with Crippen LogP contribution in [0.5, 0.6) is 0 Å². The minimum Gasteiger partial charge on any atom is -0.368 e. The van der Waals surface area contributed by atoms with E-state index in [-0.39, 0.29) is 23.9 Å². The van der Waals surface area contributed by atoms with Crippen LogP contribution in [0.15, 0.2) is 24.3 Å². The van der Waals surface area contributed by atoms with Gasteiger partial charge in [-0.05, 0) is 18.4 Å². The Hall–Kier alpha value is -2.85. The molecule has 9 nitrogen and oxygen atoms in total. The standard InChI is InChI=1S/C19H20N4O5S/c24-17(10-12-3-5-13(6-4-12)23(26)27)22-8-7-14-16(11-22)29-19(20-14)21-18(25)15-2-1-9-28-15/h3-6,15H,1-2,7-11H2,(H,20,21,25). The molecule has 0 bridgehead atoms. The van der Waals surface area contributed by atoms with Crippen molar-refractivity contribution in [2.45, 2.75) is 38.3 Å². The molecule has 1 aromatic carbocycles. The van der Waals surface area contributed by atoms with Gasteiger partial charge in [0.1, 0.15) is 6.10 Å². The largest absolute Gasteiger partial charge is 0.368 e. The molecule has 1 saturated heterocycles. The SMILES string of the molecule is O=C(Nc1nc2c(s1)CN(C(=O)Cc1ccc([N+](=O)[O-])cc1)CC2)C1CCCO1. The number of hydrogen-bond acceptors (Lipinski definition) is 7. The Labute approximate surface area is 170 Å². The van der Waals surface area contributed by atoms with E-state index in [9.17, 15) is 19.7 Å². The lowest BCUT2D eigenvalue weighted by molar-refractivity contribution is -0.384. The van der Waals surface area contributed by atoms with E-state index in [0.717, 1.165) is 29.0 Å². The first kappa shape index (κ1) is 19.5. The van der Waals surface area contributed by atoms with Gasteiger partial charge in [0.15, 0.2) is 5.13 Å². The molecule has 0 saturated carbocycles. The molecular formula is C19H20N4O5S. The molecule has 152 valence electrons. The Morgan fingerprint density at radius 2 is 2.14 bits per heavy atom. The molecule has 1 unspecified atom stereocenters. The number of nitrogens with one attached hydrogen (secondary N) is 1. The van der Waals surface area contributed by atoms with Crippen molar-refractivity contribution in [2.24, 2.45) is 0 Å². The van der Waals surface area contributed by atoms with Crippen molar-refractivity contribution in [1.82, 2.24) is 9.88 Å². The Morgan fingerprint density at radius 1 is 1.34 bits per heavy atom. The monoisotopic (exact) mass is 416 g/mol. The smallest absolute Gasteiger partial charge is 0.269 e. The molecule has 3 heterocycles. The number of nitro benzene ring substituents is 1. The number of hydrogen-bond donors (Lipinski definition) is 1. The number of thiazole rings is 1. The van der Waals surface area contributed by atoms with Crippen molar-refractivity contribution in [3.8, 4) is 0 Å². The Morgan fingerprint density at radius 3 is 2.83 bits per heavy atom. The van der Waals surface area contributed by atoms with E-state index in [1.165, 1.54) is 23.5 Å². The Bertz CT molecular complexity index is 937. The summed E-state index contributed by atoms with van der Waals surface area (Å²) in [5.74, 6) is -0.206. The van der Waals surface area contributed by atoms with Crippen LogP contribution in [-0.4, -0.2) is 45.9 Å². The second kappa shape index (κ2) is 8.26. The van der Waals surface area contributed by atoms with Gasteiger partial charge in [0.2, 0.25) is 5.91 Å². The zero-order valence-corrected chi connectivity index (χ0v) is 16.4. The molecule has 2 aliphatic heterocycles. The zero-order valence-electron chi connectivity index (χ0n) is 15.6. The summed E-state index contributed by atoms with van der Waals surface area (Å²) in [5.41, 5.74) is 1.66. The van der Waals surface area contributed by atoms with E-state index in [0.29, 0.717) is 31.2 Å². The van der Waals surface area contributed by atoms with Crippen molar-refractivity contribution in [3.63, 3.8) is 0 Å². The molecule has 4 rings (SSSR count). The van der Waals surface area contributed by atoms with Crippen molar-refractivity contribution < 1.29 is 19.2 Å². The van der Waals surface area contributed by atoms with Gasteiger partial charge >= 0.3 is 0 Å². The van der Waals surface area contributed by atoms with E-state index < -0.39 is 11.0 Å². The second-order valence-corrected chi connectivity index (χ2v) is 8.13. The lowest BCUT2D eigenvalue weighted by Crippen LogP contribution is -2.36. The molecule has 1 fully saturated rings. The van der Waals surface area contributed by atoms with Crippen LogP contribution in [0.3, 0.4) is 0 Å². The summed E-state index contributed by atoms with van der Waals surface area (Å²) in [6.45, 7) is 1.62. The summed E-state index contributed by atoms with van der Waals surface area (Å²) in [4.78, 5) is 42.3. The average molecular weight is 416 g/mol. The van der Waals surface area contributed by atoms with Gasteiger partial charge in [0, 0.05) is 36.6 Å². The maximum absolute atomic E-state index is 12.6. The minimum atomic E-state index is -0.462. The van der Waals surface area contributed by atoms with Crippen LogP contribution in [0, 0.1) is 10.1 Å². The van der Waals surface area contributed by atoms with Gasteiger partial charge in [-0.15, -0.1) is 0 Å². The van der Waals surface area contributed by atoms with Crippen LogP contribution < -0.4 is 5.32 Å². The molecule has 0 spiro atoms. The van der Waals surface area contributed by atoms with Gasteiger partial charge in [0.25, 0.3) is 11.6 Å². The molecular weight excluding hydrogens is 396 g/mol. The maximum atomic E-state index is 12.6. The van der Waals surface area contributed by atoms with E-state index in [2.05, 4.69) is 10.3 Å². The van der Waals surface area contributed by atoms with Gasteiger partial charge in [-0.2, -0.15) is 0 Å². The first-order chi connectivity index (χ1) is 14.0. The molecule has 1 N–H and O–H groups in total. The highest BCUT2D eigenvalue weighted by Crippen LogP contribution is 2.29.